The van der Waals surface area contributed by atoms with Crippen LogP contribution in [0.2, 0.25) is 0 Å². The molecule has 0 aliphatic rings. The summed E-state index contributed by atoms with van der Waals surface area (Å²) in [5, 5.41) is 23.2. The van der Waals surface area contributed by atoms with Crippen LogP contribution in [0.4, 0.5) is 0 Å². The molecule has 170 valence electrons. The van der Waals surface area contributed by atoms with Crippen molar-refractivity contribution in [3.05, 3.63) is 65.4 Å². The van der Waals surface area contributed by atoms with E-state index in [0.29, 0.717) is 36.1 Å². The van der Waals surface area contributed by atoms with Crippen molar-refractivity contribution in [3.8, 4) is 23.7 Å². The third-order valence-electron chi connectivity index (χ3n) is 5.27. The van der Waals surface area contributed by atoms with Crippen LogP contribution in [0.1, 0.15) is 67.4 Å². The molecular weight excluding hydrogens is 414 g/mol. The Hall–Kier alpha value is -3.74. The number of H-pyrrole nitrogens is 1. The number of carbonyl (C=O) groups is 1. The second kappa shape index (κ2) is 11.2. The number of nitrogens with one attached hydrogen (secondary N) is 2. The Labute approximate surface area is 194 Å². The zero-order valence-corrected chi connectivity index (χ0v) is 19.2. The molecule has 3 aromatic rings. The number of hydrogen-bond acceptors (Lipinski definition) is 4. The Kier molecular flexibility index (Phi) is 8.13. The summed E-state index contributed by atoms with van der Waals surface area (Å²) in [6.45, 7) is 5.65. The van der Waals surface area contributed by atoms with Gasteiger partial charge in [-0.1, -0.05) is 37.0 Å². The molecular formula is C27H29N3O3. The number of aromatic nitrogens is 1. The molecule has 1 amide bonds. The second-order valence-corrected chi connectivity index (χ2v) is 8.19. The van der Waals surface area contributed by atoms with E-state index in [9.17, 15) is 9.90 Å². The minimum atomic E-state index is -1.09. The number of para-hydroxylation sites is 1. The topological polar surface area (TPSA) is 98.1 Å². The predicted molar refractivity (Wildman–Crippen MR) is 129 cm³/mol. The lowest BCUT2D eigenvalue weighted by molar-refractivity contribution is 0.0723. The van der Waals surface area contributed by atoms with Gasteiger partial charge in [0.1, 0.15) is 12.0 Å². The van der Waals surface area contributed by atoms with Gasteiger partial charge in [-0.05, 0) is 50.1 Å². The van der Waals surface area contributed by atoms with Crippen molar-refractivity contribution in [2.75, 3.05) is 0 Å². The summed E-state index contributed by atoms with van der Waals surface area (Å²) < 4.78 is 5.82. The number of rotatable bonds is 8. The van der Waals surface area contributed by atoms with Gasteiger partial charge in [0.2, 0.25) is 0 Å². The number of carbonyl (C=O) groups excluding carboxylic acids is 1. The van der Waals surface area contributed by atoms with Gasteiger partial charge in [0, 0.05) is 41.4 Å². The zero-order valence-electron chi connectivity index (χ0n) is 19.2. The molecule has 1 heterocycles. The van der Waals surface area contributed by atoms with E-state index in [1.807, 2.05) is 51.2 Å². The van der Waals surface area contributed by atoms with Crippen molar-refractivity contribution >= 4 is 16.8 Å². The van der Waals surface area contributed by atoms with Crippen LogP contribution in [0.3, 0.4) is 0 Å². The number of hydrogen-bond donors (Lipinski definition) is 3. The highest BCUT2D eigenvalue weighted by molar-refractivity contribution is 5.97. The van der Waals surface area contributed by atoms with Crippen molar-refractivity contribution in [1.29, 1.82) is 5.26 Å². The summed E-state index contributed by atoms with van der Waals surface area (Å²) in [7, 11) is 0. The number of aromatic amines is 1. The van der Waals surface area contributed by atoms with Crippen LogP contribution in [0.5, 0.6) is 5.75 Å². The summed E-state index contributed by atoms with van der Waals surface area (Å²) in [5.74, 6) is 5.74. The van der Waals surface area contributed by atoms with Crippen LogP contribution in [0.25, 0.3) is 10.9 Å². The molecule has 3 N–H and O–H groups in total. The fourth-order valence-electron chi connectivity index (χ4n) is 3.54. The number of aliphatic hydroxyl groups is 1. The van der Waals surface area contributed by atoms with E-state index in [1.54, 1.807) is 18.2 Å². The zero-order chi connectivity index (χ0) is 23.8. The first-order chi connectivity index (χ1) is 15.9. The van der Waals surface area contributed by atoms with E-state index < -0.39 is 12.1 Å². The minimum absolute atomic E-state index is 0.116. The summed E-state index contributed by atoms with van der Waals surface area (Å²) in [6, 6.07) is 15.1. The van der Waals surface area contributed by atoms with Gasteiger partial charge in [-0.15, -0.1) is 0 Å². The summed E-state index contributed by atoms with van der Waals surface area (Å²) >= 11 is 0. The fourth-order valence-corrected chi connectivity index (χ4v) is 3.54. The number of amides is 1. The van der Waals surface area contributed by atoms with E-state index in [-0.39, 0.29) is 12.0 Å². The molecule has 0 fully saturated rings. The van der Waals surface area contributed by atoms with Crippen LogP contribution >= 0.6 is 0 Å². The van der Waals surface area contributed by atoms with Gasteiger partial charge < -0.3 is 20.1 Å². The number of ether oxygens (including phenoxy) is 1. The first-order valence-corrected chi connectivity index (χ1v) is 11.1. The first-order valence-electron chi connectivity index (χ1n) is 11.1. The minimum Gasteiger partial charge on any atom is -0.490 e. The van der Waals surface area contributed by atoms with Crippen molar-refractivity contribution < 1.29 is 14.6 Å². The lowest BCUT2D eigenvalue weighted by atomic mass is 9.98. The molecule has 1 aromatic heterocycles. The van der Waals surface area contributed by atoms with Crippen molar-refractivity contribution in [1.82, 2.24) is 10.3 Å². The van der Waals surface area contributed by atoms with Gasteiger partial charge in [0.25, 0.3) is 5.91 Å². The van der Waals surface area contributed by atoms with E-state index in [2.05, 4.69) is 28.2 Å². The van der Waals surface area contributed by atoms with Gasteiger partial charge in [-0.3, -0.25) is 4.79 Å². The van der Waals surface area contributed by atoms with Gasteiger partial charge in [-0.2, -0.15) is 5.26 Å². The number of nitriles is 1. The average molecular weight is 444 g/mol. The third kappa shape index (κ3) is 6.16. The Morgan fingerprint density at radius 2 is 1.97 bits per heavy atom. The van der Waals surface area contributed by atoms with E-state index >= 15 is 0 Å². The highest BCUT2D eigenvalue weighted by Crippen LogP contribution is 2.28. The number of nitrogens with zero attached hydrogens (tertiary/aromatic N) is 1. The molecule has 0 aliphatic carbocycles. The van der Waals surface area contributed by atoms with Crippen LogP contribution < -0.4 is 10.1 Å². The van der Waals surface area contributed by atoms with Crippen LogP contribution in [0, 0.1) is 23.2 Å². The molecule has 6 nitrogen and oxygen atoms in total. The third-order valence-corrected chi connectivity index (χ3v) is 5.27. The van der Waals surface area contributed by atoms with Crippen LogP contribution in [-0.4, -0.2) is 28.3 Å². The molecule has 2 unspecified atom stereocenters. The molecule has 0 aliphatic heterocycles. The molecule has 0 radical (unpaired) electrons. The average Bonchev–Trinajstić information content (AvgIpc) is 3.23. The summed E-state index contributed by atoms with van der Waals surface area (Å²) in [5.41, 5.74) is 2.89. The largest absolute Gasteiger partial charge is 0.490 e. The highest BCUT2D eigenvalue weighted by atomic mass is 16.5. The smallest absolute Gasteiger partial charge is 0.257 e. The SMILES string of the molecule is CC(C)Oc1ccc(C#CCCCC#N)cc1C(=O)NC(O)C(C)c1c[nH]c2ccccc12. The van der Waals surface area contributed by atoms with E-state index in [1.165, 1.54) is 0 Å². The second-order valence-electron chi connectivity index (χ2n) is 8.19. The predicted octanol–water partition coefficient (Wildman–Crippen LogP) is 4.85. The Morgan fingerprint density at radius 1 is 1.18 bits per heavy atom. The van der Waals surface area contributed by atoms with Crippen molar-refractivity contribution in [3.63, 3.8) is 0 Å². The van der Waals surface area contributed by atoms with E-state index in [4.69, 9.17) is 10.00 Å². The van der Waals surface area contributed by atoms with Gasteiger partial charge >= 0.3 is 0 Å². The number of fused-ring (bicyclic) bond motifs is 1. The molecule has 0 spiro atoms. The Bertz CT molecular complexity index is 1210. The molecule has 2 aromatic carbocycles. The van der Waals surface area contributed by atoms with Crippen molar-refractivity contribution in [2.45, 2.75) is 58.3 Å². The van der Waals surface area contributed by atoms with Gasteiger partial charge in [-0.25, -0.2) is 0 Å². The Morgan fingerprint density at radius 3 is 2.73 bits per heavy atom. The normalized spacial score (nSPS) is 12.5. The molecule has 0 bridgehead atoms. The quantitative estimate of drug-likeness (QED) is 0.263. The van der Waals surface area contributed by atoms with Gasteiger partial charge in [0.05, 0.1) is 17.7 Å². The van der Waals surface area contributed by atoms with Crippen LogP contribution in [-0.2, 0) is 0 Å². The van der Waals surface area contributed by atoms with Gasteiger partial charge in [0.15, 0.2) is 0 Å². The molecule has 3 rings (SSSR count). The number of benzene rings is 2. The number of unbranched alkanes of at least 4 members (excludes halogenated alkanes) is 2. The molecule has 2 atom stereocenters. The maximum atomic E-state index is 13.1. The first kappa shape index (κ1) is 23.9. The maximum absolute atomic E-state index is 13.1. The maximum Gasteiger partial charge on any atom is 0.257 e. The van der Waals surface area contributed by atoms with Crippen molar-refractivity contribution in [2.24, 2.45) is 0 Å². The lowest BCUT2D eigenvalue weighted by Gasteiger charge is -2.21. The molecule has 33 heavy (non-hydrogen) atoms. The fraction of sp³-hybridized carbons (Fsp3) is 0.333. The standard InChI is InChI=1S/C27H29N3O3/c1-18(2)33-25-14-13-20(10-6-4-5-9-15-28)16-22(25)27(32)30-26(31)19(3)23-17-29-24-12-8-7-11-21(23)24/h7-8,11-14,16-19,26,29,31H,4-5,9H2,1-3H3,(H,30,32). The summed E-state index contributed by atoms with van der Waals surface area (Å²) in [4.78, 5) is 16.3. The summed E-state index contributed by atoms with van der Waals surface area (Å²) in [6.07, 6.45) is 2.44. The lowest BCUT2D eigenvalue weighted by Crippen LogP contribution is -2.38. The number of aliphatic hydroxyl groups excluding tert-OH is 1. The Balaban J connectivity index is 1.79. The van der Waals surface area contributed by atoms with Crippen LogP contribution in [0.15, 0.2) is 48.7 Å². The highest BCUT2D eigenvalue weighted by Gasteiger charge is 2.23. The monoisotopic (exact) mass is 443 g/mol. The molecule has 0 saturated heterocycles. The molecule has 0 saturated carbocycles. The molecule has 6 heteroatoms. The van der Waals surface area contributed by atoms with E-state index in [0.717, 1.165) is 16.5 Å².